The van der Waals surface area contributed by atoms with Gasteiger partial charge in [-0.15, -0.1) is 0 Å². The Balaban J connectivity index is 2.68. The van der Waals surface area contributed by atoms with E-state index < -0.39 is 0 Å². The lowest BCUT2D eigenvalue weighted by atomic mass is 10.1. The van der Waals surface area contributed by atoms with Crippen LogP contribution in [0.5, 0.6) is 0 Å². The second-order valence-electron chi connectivity index (χ2n) is 2.77. The van der Waals surface area contributed by atoms with Crippen molar-refractivity contribution in [3.63, 3.8) is 0 Å². The molecule has 0 aliphatic carbocycles. The van der Waals surface area contributed by atoms with Crippen LogP contribution in [0.1, 0.15) is 21.6 Å². The number of halogens is 1. The van der Waals surface area contributed by atoms with E-state index in [9.17, 15) is 4.79 Å². The van der Waals surface area contributed by atoms with E-state index >= 15 is 0 Å². The number of aryl methyl sites for hydroxylation is 1. The van der Waals surface area contributed by atoms with Gasteiger partial charge in [0, 0.05) is 12.2 Å². The van der Waals surface area contributed by atoms with E-state index in [2.05, 4.69) is 10.3 Å². The van der Waals surface area contributed by atoms with Crippen molar-refractivity contribution in [1.29, 1.82) is 0 Å². The summed E-state index contributed by atoms with van der Waals surface area (Å²) in [6.45, 7) is 2.42. The summed E-state index contributed by atoms with van der Waals surface area (Å²) in [6, 6.07) is 1.87. The lowest BCUT2D eigenvalue weighted by molar-refractivity contribution is 0.0965. The SMILES string of the molecule is Cc1cc2c(c(Cl)n1)C(=O)NC2. The highest BCUT2D eigenvalue weighted by Gasteiger charge is 2.22. The van der Waals surface area contributed by atoms with Crippen LogP contribution in [0.25, 0.3) is 0 Å². The molecule has 1 N–H and O–H groups in total. The summed E-state index contributed by atoms with van der Waals surface area (Å²) in [7, 11) is 0. The normalized spacial score (nSPS) is 14.3. The molecule has 1 aromatic rings. The first-order valence-corrected chi connectivity index (χ1v) is 4.00. The van der Waals surface area contributed by atoms with Gasteiger partial charge in [0.15, 0.2) is 0 Å². The van der Waals surface area contributed by atoms with Crippen molar-refractivity contribution in [1.82, 2.24) is 10.3 Å². The molecule has 3 nitrogen and oxygen atoms in total. The van der Waals surface area contributed by atoms with Crippen molar-refractivity contribution in [3.05, 3.63) is 28.0 Å². The second kappa shape index (κ2) is 2.45. The summed E-state index contributed by atoms with van der Waals surface area (Å²) in [4.78, 5) is 15.2. The maximum Gasteiger partial charge on any atom is 0.255 e. The van der Waals surface area contributed by atoms with Crippen molar-refractivity contribution in [2.45, 2.75) is 13.5 Å². The number of pyridine rings is 1. The van der Waals surface area contributed by atoms with E-state index in [1.807, 2.05) is 13.0 Å². The van der Waals surface area contributed by atoms with E-state index in [4.69, 9.17) is 11.6 Å². The van der Waals surface area contributed by atoms with Crippen LogP contribution >= 0.6 is 11.6 Å². The fourth-order valence-corrected chi connectivity index (χ4v) is 1.68. The zero-order valence-corrected chi connectivity index (χ0v) is 7.27. The molecule has 0 fully saturated rings. The molecular formula is C8H7ClN2O. The monoisotopic (exact) mass is 182 g/mol. The molecule has 0 spiro atoms. The summed E-state index contributed by atoms with van der Waals surface area (Å²) in [5.74, 6) is -0.123. The topological polar surface area (TPSA) is 42.0 Å². The summed E-state index contributed by atoms with van der Waals surface area (Å²) >= 11 is 5.80. The molecule has 1 amide bonds. The predicted octanol–water partition coefficient (Wildman–Crippen LogP) is 1.29. The lowest BCUT2D eigenvalue weighted by Gasteiger charge is -1.99. The van der Waals surface area contributed by atoms with Gasteiger partial charge in [-0.2, -0.15) is 0 Å². The third kappa shape index (κ3) is 0.975. The van der Waals surface area contributed by atoms with E-state index in [0.29, 0.717) is 17.3 Å². The first-order chi connectivity index (χ1) is 5.68. The summed E-state index contributed by atoms with van der Waals surface area (Å²) < 4.78 is 0. The van der Waals surface area contributed by atoms with Gasteiger partial charge < -0.3 is 5.32 Å². The zero-order chi connectivity index (χ0) is 8.72. The Morgan fingerprint density at radius 1 is 1.67 bits per heavy atom. The van der Waals surface area contributed by atoms with Crippen molar-refractivity contribution in [3.8, 4) is 0 Å². The van der Waals surface area contributed by atoms with Crippen molar-refractivity contribution in [2.75, 3.05) is 0 Å². The number of nitrogens with one attached hydrogen (secondary N) is 1. The van der Waals surface area contributed by atoms with E-state index in [1.54, 1.807) is 0 Å². The van der Waals surface area contributed by atoms with Gasteiger partial charge in [-0.3, -0.25) is 4.79 Å². The molecule has 0 atom stereocenters. The third-order valence-electron chi connectivity index (χ3n) is 1.85. The molecule has 1 aliphatic heterocycles. The molecule has 0 saturated carbocycles. The third-order valence-corrected chi connectivity index (χ3v) is 2.12. The quantitative estimate of drug-likeness (QED) is 0.615. The number of amides is 1. The van der Waals surface area contributed by atoms with Gasteiger partial charge in [0.05, 0.1) is 5.56 Å². The fraction of sp³-hybridized carbons (Fsp3) is 0.250. The smallest absolute Gasteiger partial charge is 0.255 e. The molecule has 1 aliphatic rings. The number of rotatable bonds is 0. The minimum absolute atomic E-state index is 0.123. The molecule has 0 bridgehead atoms. The van der Waals surface area contributed by atoms with Gasteiger partial charge in [0.2, 0.25) is 0 Å². The average molecular weight is 183 g/mol. The van der Waals surface area contributed by atoms with Crippen LogP contribution in [0.2, 0.25) is 5.15 Å². The number of nitrogens with zero attached hydrogens (tertiary/aromatic N) is 1. The van der Waals surface area contributed by atoms with Crippen molar-refractivity contribution in [2.24, 2.45) is 0 Å². The van der Waals surface area contributed by atoms with Gasteiger partial charge in [-0.25, -0.2) is 4.98 Å². The molecule has 0 unspecified atom stereocenters. The van der Waals surface area contributed by atoms with Gasteiger partial charge in [-0.1, -0.05) is 11.6 Å². The lowest BCUT2D eigenvalue weighted by Crippen LogP contribution is -2.12. The van der Waals surface area contributed by atoms with Crippen LogP contribution in [0.4, 0.5) is 0 Å². The Hall–Kier alpha value is -1.09. The summed E-state index contributed by atoms with van der Waals surface area (Å²) in [5, 5.41) is 3.00. The van der Waals surface area contributed by atoms with Crippen molar-refractivity contribution >= 4 is 17.5 Å². The maximum absolute atomic E-state index is 11.2. The van der Waals surface area contributed by atoms with Gasteiger partial charge in [-0.05, 0) is 18.6 Å². The van der Waals surface area contributed by atoms with E-state index in [1.165, 1.54) is 0 Å². The molecule has 2 rings (SSSR count). The first-order valence-electron chi connectivity index (χ1n) is 3.62. The molecule has 1 aromatic heterocycles. The minimum atomic E-state index is -0.123. The van der Waals surface area contributed by atoms with Crippen LogP contribution in [-0.2, 0) is 6.54 Å². The van der Waals surface area contributed by atoms with E-state index in [0.717, 1.165) is 11.3 Å². The molecule has 2 heterocycles. The van der Waals surface area contributed by atoms with Gasteiger partial charge in [0.1, 0.15) is 5.15 Å². The molecule has 4 heteroatoms. The van der Waals surface area contributed by atoms with Crippen LogP contribution in [-0.4, -0.2) is 10.9 Å². The fourth-order valence-electron chi connectivity index (χ4n) is 1.34. The molecule has 0 radical (unpaired) electrons. The number of hydrogen-bond donors (Lipinski definition) is 1. The minimum Gasteiger partial charge on any atom is -0.348 e. The predicted molar refractivity (Wildman–Crippen MR) is 45.2 cm³/mol. The van der Waals surface area contributed by atoms with Gasteiger partial charge in [0.25, 0.3) is 5.91 Å². The second-order valence-corrected chi connectivity index (χ2v) is 3.13. The Morgan fingerprint density at radius 3 is 3.17 bits per heavy atom. The Kier molecular flexibility index (Phi) is 1.54. The zero-order valence-electron chi connectivity index (χ0n) is 6.52. The number of aromatic nitrogens is 1. The molecule has 12 heavy (non-hydrogen) atoms. The number of hydrogen-bond acceptors (Lipinski definition) is 2. The highest BCUT2D eigenvalue weighted by atomic mass is 35.5. The first kappa shape index (κ1) is 7.55. The molecular weight excluding hydrogens is 176 g/mol. The molecule has 0 aromatic carbocycles. The van der Waals surface area contributed by atoms with Crippen LogP contribution in [0.15, 0.2) is 6.07 Å². The standard InChI is InChI=1S/C8H7ClN2O/c1-4-2-5-3-10-8(12)6(5)7(9)11-4/h2H,3H2,1H3,(H,10,12). The summed E-state index contributed by atoms with van der Waals surface area (Å²) in [6.07, 6.45) is 0. The maximum atomic E-state index is 11.2. The van der Waals surface area contributed by atoms with Crippen LogP contribution in [0, 0.1) is 6.92 Å². The van der Waals surface area contributed by atoms with Crippen LogP contribution < -0.4 is 5.32 Å². The Labute approximate surface area is 74.8 Å². The summed E-state index contributed by atoms with van der Waals surface area (Å²) in [5.41, 5.74) is 2.31. The number of carbonyl (C=O) groups is 1. The Morgan fingerprint density at radius 2 is 2.42 bits per heavy atom. The molecule has 0 saturated heterocycles. The van der Waals surface area contributed by atoms with Crippen LogP contribution in [0.3, 0.4) is 0 Å². The Bertz CT molecular complexity index is 362. The highest BCUT2D eigenvalue weighted by Crippen LogP contribution is 2.22. The van der Waals surface area contributed by atoms with E-state index in [-0.39, 0.29) is 5.91 Å². The van der Waals surface area contributed by atoms with Crippen molar-refractivity contribution < 1.29 is 4.79 Å². The average Bonchev–Trinajstić information content (AvgIpc) is 2.31. The molecule has 62 valence electrons. The highest BCUT2D eigenvalue weighted by molar-refractivity contribution is 6.33. The largest absolute Gasteiger partial charge is 0.348 e. The number of carbonyl (C=O) groups excluding carboxylic acids is 1. The van der Waals surface area contributed by atoms with Gasteiger partial charge >= 0.3 is 0 Å². The number of fused-ring (bicyclic) bond motifs is 1.